The molecule has 0 spiro atoms. The number of carbonyl (C=O) groups is 2. The van der Waals surface area contributed by atoms with Crippen LogP contribution in [-0.4, -0.2) is 39.0 Å². The van der Waals surface area contributed by atoms with Crippen molar-refractivity contribution in [3.05, 3.63) is 16.6 Å². The number of hydrogen-bond donors (Lipinski definition) is 1. The lowest BCUT2D eigenvalue weighted by Gasteiger charge is -2.25. The summed E-state index contributed by atoms with van der Waals surface area (Å²) in [5.41, 5.74) is 1.91. The first-order valence-corrected chi connectivity index (χ1v) is 5.99. The van der Waals surface area contributed by atoms with Gasteiger partial charge in [0, 0.05) is 11.4 Å². The number of rotatable bonds is 4. The first-order valence-electron chi connectivity index (χ1n) is 5.05. The largest absolute Gasteiger partial charge is 0.480 e. The van der Waals surface area contributed by atoms with E-state index < -0.39 is 12.0 Å². The lowest BCUT2D eigenvalue weighted by molar-refractivity contribution is -0.141. The Bertz CT molecular complexity index is 400. The molecule has 16 heavy (non-hydrogen) atoms. The number of aromatic nitrogens is 1. The van der Waals surface area contributed by atoms with Gasteiger partial charge >= 0.3 is 5.97 Å². The standard InChI is InChI=1S/C10H12N2O3S/c1-6(10(14)15)12(7-2-3-7)9(13)8-4-16-5-11-8/h4-7H,2-3H2,1H3,(H,14,15). The van der Waals surface area contributed by atoms with Gasteiger partial charge in [-0.05, 0) is 19.8 Å². The molecular weight excluding hydrogens is 228 g/mol. The van der Waals surface area contributed by atoms with Crippen molar-refractivity contribution in [1.29, 1.82) is 0 Å². The first kappa shape index (κ1) is 11.1. The number of amides is 1. The summed E-state index contributed by atoms with van der Waals surface area (Å²) in [5, 5.41) is 10.6. The molecule has 5 nitrogen and oxygen atoms in total. The van der Waals surface area contributed by atoms with Gasteiger partial charge in [-0.25, -0.2) is 9.78 Å². The molecule has 1 saturated carbocycles. The Morgan fingerprint density at radius 2 is 2.31 bits per heavy atom. The van der Waals surface area contributed by atoms with Crippen LogP contribution in [0, 0.1) is 0 Å². The lowest BCUT2D eigenvalue weighted by Crippen LogP contribution is -2.44. The molecule has 6 heteroatoms. The van der Waals surface area contributed by atoms with Crippen LogP contribution in [0.1, 0.15) is 30.3 Å². The van der Waals surface area contributed by atoms with Gasteiger partial charge in [0.05, 0.1) is 5.51 Å². The average Bonchev–Trinajstić information content (AvgIpc) is 2.93. The zero-order valence-corrected chi connectivity index (χ0v) is 9.61. The number of nitrogens with zero attached hydrogens (tertiary/aromatic N) is 2. The SMILES string of the molecule is CC(C(=O)O)N(C(=O)c1cscn1)C1CC1. The number of thiazole rings is 1. The molecule has 1 atom stereocenters. The second-order valence-corrected chi connectivity index (χ2v) is 4.55. The van der Waals surface area contributed by atoms with Crippen molar-refractivity contribution < 1.29 is 14.7 Å². The molecule has 0 radical (unpaired) electrons. The van der Waals surface area contributed by atoms with E-state index in [4.69, 9.17) is 5.11 Å². The van der Waals surface area contributed by atoms with Crippen molar-refractivity contribution in [3.8, 4) is 0 Å². The van der Waals surface area contributed by atoms with Crippen LogP contribution in [0.25, 0.3) is 0 Å². The maximum Gasteiger partial charge on any atom is 0.326 e. The Morgan fingerprint density at radius 3 is 2.75 bits per heavy atom. The number of hydrogen-bond acceptors (Lipinski definition) is 4. The van der Waals surface area contributed by atoms with Gasteiger partial charge in [0.25, 0.3) is 5.91 Å². The topological polar surface area (TPSA) is 70.5 Å². The van der Waals surface area contributed by atoms with Crippen molar-refractivity contribution in [2.45, 2.75) is 31.8 Å². The minimum atomic E-state index is -0.976. The molecule has 1 amide bonds. The highest BCUT2D eigenvalue weighted by atomic mass is 32.1. The van der Waals surface area contributed by atoms with Gasteiger partial charge in [0.1, 0.15) is 11.7 Å². The van der Waals surface area contributed by atoms with E-state index in [1.165, 1.54) is 23.2 Å². The predicted molar refractivity (Wildman–Crippen MR) is 58.4 cm³/mol. The van der Waals surface area contributed by atoms with Crippen LogP contribution in [0.4, 0.5) is 0 Å². The van der Waals surface area contributed by atoms with Crippen molar-refractivity contribution in [3.63, 3.8) is 0 Å². The molecule has 1 aliphatic carbocycles. The van der Waals surface area contributed by atoms with E-state index in [-0.39, 0.29) is 11.9 Å². The Labute approximate surface area is 96.7 Å². The van der Waals surface area contributed by atoms with Crippen molar-refractivity contribution in [2.24, 2.45) is 0 Å². The quantitative estimate of drug-likeness (QED) is 0.859. The van der Waals surface area contributed by atoms with Gasteiger partial charge in [0.15, 0.2) is 0 Å². The summed E-state index contributed by atoms with van der Waals surface area (Å²) in [6, 6.07) is -0.720. The normalized spacial score (nSPS) is 16.8. The summed E-state index contributed by atoms with van der Waals surface area (Å²) < 4.78 is 0. The van der Waals surface area contributed by atoms with Gasteiger partial charge in [-0.2, -0.15) is 0 Å². The van der Waals surface area contributed by atoms with Gasteiger partial charge in [-0.3, -0.25) is 4.79 Å². The Hall–Kier alpha value is -1.43. The number of carboxylic acid groups (broad SMARTS) is 1. The molecule has 1 aromatic rings. The smallest absolute Gasteiger partial charge is 0.326 e. The molecule has 1 aliphatic rings. The molecular formula is C10H12N2O3S. The van der Waals surface area contributed by atoms with E-state index in [1.807, 2.05) is 0 Å². The average molecular weight is 240 g/mol. The molecule has 1 aromatic heterocycles. The fourth-order valence-electron chi connectivity index (χ4n) is 1.58. The highest BCUT2D eigenvalue weighted by Crippen LogP contribution is 2.30. The monoisotopic (exact) mass is 240 g/mol. The van der Waals surface area contributed by atoms with Crippen LogP contribution in [0.2, 0.25) is 0 Å². The van der Waals surface area contributed by atoms with E-state index in [9.17, 15) is 9.59 Å². The van der Waals surface area contributed by atoms with E-state index in [1.54, 1.807) is 10.9 Å². The highest BCUT2D eigenvalue weighted by molar-refractivity contribution is 7.07. The molecule has 0 bridgehead atoms. The predicted octanol–water partition coefficient (Wildman–Crippen LogP) is 1.22. The van der Waals surface area contributed by atoms with Crippen LogP contribution in [0.3, 0.4) is 0 Å². The van der Waals surface area contributed by atoms with Crippen molar-refractivity contribution >= 4 is 23.2 Å². The first-order chi connectivity index (χ1) is 7.61. The van der Waals surface area contributed by atoms with Crippen LogP contribution in [0.15, 0.2) is 10.9 Å². The molecule has 1 heterocycles. The minimum Gasteiger partial charge on any atom is -0.480 e. The maximum atomic E-state index is 12.0. The summed E-state index contributed by atoms with van der Waals surface area (Å²) >= 11 is 1.33. The van der Waals surface area contributed by atoms with E-state index in [2.05, 4.69) is 4.98 Å². The number of aliphatic carboxylic acids is 1. The minimum absolute atomic E-state index is 0.0697. The molecule has 0 aliphatic heterocycles. The molecule has 2 rings (SSSR count). The number of carbonyl (C=O) groups excluding carboxylic acids is 1. The summed E-state index contributed by atoms with van der Waals surface area (Å²) in [7, 11) is 0. The summed E-state index contributed by atoms with van der Waals surface area (Å²) in [6.45, 7) is 1.53. The summed E-state index contributed by atoms with van der Waals surface area (Å²) in [5.74, 6) is -1.26. The van der Waals surface area contributed by atoms with Gasteiger partial charge < -0.3 is 10.0 Å². The van der Waals surface area contributed by atoms with Gasteiger partial charge in [0.2, 0.25) is 0 Å². The van der Waals surface area contributed by atoms with Crippen LogP contribution < -0.4 is 0 Å². The maximum absolute atomic E-state index is 12.0. The molecule has 0 saturated heterocycles. The van der Waals surface area contributed by atoms with Crippen LogP contribution in [0.5, 0.6) is 0 Å². The second-order valence-electron chi connectivity index (χ2n) is 3.83. The summed E-state index contributed by atoms with van der Waals surface area (Å²) in [4.78, 5) is 28.3. The Kier molecular flexibility index (Phi) is 2.91. The molecule has 1 unspecified atom stereocenters. The van der Waals surface area contributed by atoms with E-state index >= 15 is 0 Å². The lowest BCUT2D eigenvalue weighted by atomic mass is 10.2. The zero-order valence-electron chi connectivity index (χ0n) is 8.79. The molecule has 0 aromatic carbocycles. The van der Waals surface area contributed by atoms with Crippen molar-refractivity contribution in [1.82, 2.24) is 9.88 Å². The third-order valence-electron chi connectivity index (χ3n) is 2.60. The summed E-state index contributed by atoms with van der Waals surface area (Å²) in [6.07, 6.45) is 1.76. The molecule has 86 valence electrons. The van der Waals surface area contributed by atoms with Crippen LogP contribution in [-0.2, 0) is 4.79 Å². The molecule has 1 fully saturated rings. The van der Waals surface area contributed by atoms with E-state index in [0.29, 0.717) is 5.69 Å². The number of carboxylic acids is 1. The fourth-order valence-corrected chi connectivity index (χ4v) is 2.11. The van der Waals surface area contributed by atoms with Gasteiger partial charge in [-0.15, -0.1) is 11.3 Å². The Balaban J connectivity index is 2.19. The van der Waals surface area contributed by atoms with E-state index in [0.717, 1.165) is 12.8 Å². The molecule has 1 N–H and O–H groups in total. The Morgan fingerprint density at radius 1 is 1.62 bits per heavy atom. The fraction of sp³-hybridized carbons (Fsp3) is 0.500. The van der Waals surface area contributed by atoms with Crippen LogP contribution >= 0.6 is 11.3 Å². The third kappa shape index (κ3) is 2.06. The van der Waals surface area contributed by atoms with Gasteiger partial charge in [-0.1, -0.05) is 0 Å². The zero-order chi connectivity index (χ0) is 11.7. The van der Waals surface area contributed by atoms with Crippen molar-refractivity contribution in [2.75, 3.05) is 0 Å². The third-order valence-corrected chi connectivity index (χ3v) is 3.19. The highest BCUT2D eigenvalue weighted by Gasteiger charge is 2.39. The second kappa shape index (κ2) is 4.21.